The van der Waals surface area contributed by atoms with E-state index in [0.29, 0.717) is 6.42 Å². The third kappa shape index (κ3) is 3.70. The zero-order chi connectivity index (χ0) is 20.5. The first-order valence-electron chi connectivity index (χ1n) is 9.00. The van der Waals surface area contributed by atoms with Crippen molar-refractivity contribution in [2.45, 2.75) is 13.3 Å². The van der Waals surface area contributed by atoms with Crippen LogP contribution >= 0.6 is 0 Å². The molecule has 0 N–H and O–H groups in total. The van der Waals surface area contributed by atoms with Crippen LogP contribution in [0.3, 0.4) is 0 Å². The predicted octanol–water partition coefficient (Wildman–Crippen LogP) is 5.32. The van der Waals surface area contributed by atoms with E-state index in [9.17, 15) is 20.2 Å². The molecule has 0 fully saturated rings. The Labute approximate surface area is 166 Å². The van der Waals surface area contributed by atoms with E-state index in [1.54, 1.807) is 24.3 Å². The summed E-state index contributed by atoms with van der Waals surface area (Å²) in [5.74, 6) is 0. The number of nitro benzene ring substituents is 2. The first-order chi connectivity index (χ1) is 13.9. The number of pyridine rings is 1. The molecule has 2 heterocycles. The van der Waals surface area contributed by atoms with Crippen molar-refractivity contribution in [1.29, 1.82) is 0 Å². The Kier molecular flexibility index (Phi) is 4.56. The monoisotopic (exact) mass is 387 g/mol. The minimum atomic E-state index is -0.409. The fourth-order valence-corrected chi connectivity index (χ4v) is 3.39. The number of hydrogen-bond acceptors (Lipinski definition) is 4. The molecule has 0 bridgehead atoms. The van der Waals surface area contributed by atoms with Crippen LogP contribution in [0.2, 0.25) is 0 Å². The molecule has 7 heteroatoms. The summed E-state index contributed by atoms with van der Waals surface area (Å²) in [7, 11) is 0. The van der Waals surface area contributed by atoms with E-state index < -0.39 is 9.85 Å². The molecule has 0 unspecified atom stereocenters. The normalized spacial score (nSPS) is 10.9. The molecule has 2 aromatic heterocycles. The Morgan fingerprint density at radius 2 is 1.38 bits per heavy atom. The van der Waals surface area contributed by atoms with Gasteiger partial charge in [-0.2, -0.15) is 0 Å². The Morgan fingerprint density at radius 1 is 0.793 bits per heavy atom. The average molecular weight is 387 g/mol. The zero-order valence-electron chi connectivity index (χ0n) is 15.6. The van der Waals surface area contributed by atoms with E-state index in [4.69, 9.17) is 0 Å². The minimum absolute atomic E-state index is 0.0683. The molecule has 0 saturated heterocycles. The molecule has 0 aliphatic carbocycles. The number of non-ortho nitro benzene ring substituents is 2. The van der Waals surface area contributed by atoms with Crippen molar-refractivity contribution in [3.05, 3.63) is 110 Å². The lowest BCUT2D eigenvalue weighted by atomic mass is 10.0. The highest BCUT2D eigenvalue weighted by atomic mass is 16.6. The summed E-state index contributed by atoms with van der Waals surface area (Å²) in [6.45, 7) is 2.03. The van der Waals surface area contributed by atoms with E-state index >= 15 is 0 Å². The van der Waals surface area contributed by atoms with Crippen molar-refractivity contribution in [2.75, 3.05) is 0 Å². The number of rotatable bonds is 5. The number of benzene rings is 2. The van der Waals surface area contributed by atoms with E-state index in [-0.39, 0.29) is 11.4 Å². The molecule has 0 radical (unpaired) electrons. The van der Waals surface area contributed by atoms with Crippen LogP contribution in [-0.4, -0.2) is 14.2 Å². The van der Waals surface area contributed by atoms with Crippen molar-refractivity contribution in [3.8, 4) is 11.1 Å². The van der Waals surface area contributed by atoms with Gasteiger partial charge in [0.2, 0.25) is 0 Å². The molecule has 2 aromatic carbocycles. The number of aromatic nitrogens is 1. The Balaban J connectivity index is 1.64. The van der Waals surface area contributed by atoms with Gasteiger partial charge in [-0.15, -0.1) is 0 Å². The number of nitrogens with zero attached hydrogens (tertiary/aromatic N) is 3. The van der Waals surface area contributed by atoms with Gasteiger partial charge in [-0.05, 0) is 59.9 Å². The van der Waals surface area contributed by atoms with Gasteiger partial charge in [-0.3, -0.25) is 20.2 Å². The molecule has 144 valence electrons. The second kappa shape index (κ2) is 7.20. The van der Waals surface area contributed by atoms with Gasteiger partial charge in [0, 0.05) is 47.7 Å². The van der Waals surface area contributed by atoms with E-state index in [2.05, 4.69) is 6.07 Å². The zero-order valence-corrected chi connectivity index (χ0v) is 15.6. The van der Waals surface area contributed by atoms with Crippen LogP contribution in [0, 0.1) is 27.2 Å². The van der Waals surface area contributed by atoms with Crippen molar-refractivity contribution < 1.29 is 9.85 Å². The first kappa shape index (κ1) is 18.4. The van der Waals surface area contributed by atoms with Crippen molar-refractivity contribution in [1.82, 2.24) is 4.40 Å². The van der Waals surface area contributed by atoms with E-state index in [0.717, 1.165) is 33.3 Å². The molecule has 0 saturated carbocycles. The van der Waals surface area contributed by atoms with Crippen molar-refractivity contribution >= 4 is 16.9 Å². The standard InChI is InChI=1S/C22H17N3O4/c1-15-13-23-14-19(17-4-8-21(9-5-17)25(28)29)12-22(23)11-18(15)10-16-2-6-20(7-3-16)24(26)27/h2-9,11-14H,10H2,1H3. The molecule has 0 spiro atoms. The second-order valence-corrected chi connectivity index (χ2v) is 6.95. The number of nitro groups is 2. The van der Waals surface area contributed by atoms with E-state index in [1.165, 1.54) is 24.3 Å². The van der Waals surface area contributed by atoms with Gasteiger partial charge in [0.05, 0.1) is 9.85 Å². The summed E-state index contributed by atoms with van der Waals surface area (Å²) in [4.78, 5) is 20.8. The number of fused-ring (bicyclic) bond motifs is 1. The van der Waals surface area contributed by atoms with Crippen LogP contribution < -0.4 is 0 Å². The highest BCUT2D eigenvalue weighted by Crippen LogP contribution is 2.27. The van der Waals surface area contributed by atoms with Crippen LogP contribution in [0.5, 0.6) is 0 Å². The fourth-order valence-electron chi connectivity index (χ4n) is 3.39. The van der Waals surface area contributed by atoms with Gasteiger partial charge >= 0.3 is 0 Å². The average Bonchev–Trinajstić information content (AvgIpc) is 3.11. The molecule has 4 rings (SSSR count). The lowest BCUT2D eigenvalue weighted by Gasteiger charge is -2.08. The summed E-state index contributed by atoms with van der Waals surface area (Å²) in [6.07, 6.45) is 4.72. The summed E-state index contributed by atoms with van der Waals surface area (Å²) >= 11 is 0. The third-order valence-corrected chi connectivity index (χ3v) is 4.99. The SMILES string of the molecule is Cc1cn2cc(-c3ccc([N+](=O)[O-])cc3)cc2cc1Cc1ccc([N+](=O)[O-])cc1. The van der Waals surface area contributed by atoms with Gasteiger partial charge < -0.3 is 4.40 Å². The molecular formula is C22H17N3O4. The summed E-state index contributed by atoms with van der Waals surface area (Å²) in [6, 6.07) is 17.2. The molecule has 29 heavy (non-hydrogen) atoms. The predicted molar refractivity (Wildman–Crippen MR) is 110 cm³/mol. The quantitative estimate of drug-likeness (QED) is 0.342. The topological polar surface area (TPSA) is 90.7 Å². The van der Waals surface area contributed by atoms with Crippen molar-refractivity contribution in [2.24, 2.45) is 0 Å². The van der Waals surface area contributed by atoms with Crippen LogP contribution in [0.1, 0.15) is 16.7 Å². The summed E-state index contributed by atoms with van der Waals surface area (Å²) in [5, 5.41) is 21.6. The Morgan fingerprint density at radius 3 is 1.97 bits per heavy atom. The molecule has 0 aliphatic rings. The lowest BCUT2D eigenvalue weighted by molar-refractivity contribution is -0.385. The maximum atomic E-state index is 10.8. The Bertz CT molecular complexity index is 1230. The van der Waals surface area contributed by atoms with Crippen molar-refractivity contribution in [3.63, 3.8) is 0 Å². The smallest absolute Gasteiger partial charge is 0.269 e. The summed E-state index contributed by atoms with van der Waals surface area (Å²) < 4.78 is 2.03. The molecule has 7 nitrogen and oxygen atoms in total. The van der Waals surface area contributed by atoms with Crippen LogP contribution in [0.4, 0.5) is 11.4 Å². The maximum absolute atomic E-state index is 10.8. The Hall–Kier alpha value is -4.00. The lowest BCUT2D eigenvalue weighted by Crippen LogP contribution is -1.95. The molecule has 0 amide bonds. The fraction of sp³-hybridized carbons (Fsp3) is 0.0909. The summed E-state index contributed by atoms with van der Waals surface area (Å²) in [5.41, 5.74) is 6.31. The number of hydrogen-bond donors (Lipinski definition) is 0. The largest absolute Gasteiger partial charge is 0.323 e. The highest BCUT2D eigenvalue weighted by Gasteiger charge is 2.10. The second-order valence-electron chi connectivity index (χ2n) is 6.95. The third-order valence-electron chi connectivity index (χ3n) is 4.99. The molecule has 4 aromatic rings. The van der Waals surface area contributed by atoms with Gasteiger partial charge in [0.1, 0.15) is 0 Å². The molecule has 0 aliphatic heterocycles. The maximum Gasteiger partial charge on any atom is 0.269 e. The van der Waals surface area contributed by atoms with Crippen LogP contribution in [-0.2, 0) is 6.42 Å². The van der Waals surface area contributed by atoms with Crippen LogP contribution in [0.25, 0.3) is 16.6 Å². The minimum Gasteiger partial charge on any atom is -0.323 e. The first-order valence-corrected chi connectivity index (χ1v) is 9.00. The number of aryl methyl sites for hydroxylation is 1. The van der Waals surface area contributed by atoms with E-state index in [1.807, 2.05) is 29.8 Å². The van der Waals surface area contributed by atoms with Gasteiger partial charge in [-0.1, -0.05) is 12.1 Å². The highest BCUT2D eigenvalue weighted by molar-refractivity contribution is 5.71. The van der Waals surface area contributed by atoms with Crippen LogP contribution in [0.15, 0.2) is 73.1 Å². The van der Waals surface area contributed by atoms with Gasteiger partial charge in [0.15, 0.2) is 0 Å². The van der Waals surface area contributed by atoms with Gasteiger partial charge in [-0.25, -0.2) is 0 Å². The van der Waals surface area contributed by atoms with Gasteiger partial charge in [0.25, 0.3) is 11.4 Å². The molecular weight excluding hydrogens is 370 g/mol. The molecule has 0 atom stereocenters.